The van der Waals surface area contributed by atoms with Crippen molar-refractivity contribution in [3.63, 3.8) is 0 Å². The lowest BCUT2D eigenvalue weighted by atomic mass is 10.2. The van der Waals surface area contributed by atoms with Crippen molar-refractivity contribution in [3.8, 4) is 0 Å². The van der Waals surface area contributed by atoms with E-state index in [1.807, 2.05) is 0 Å². The number of rotatable bonds is 6. The summed E-state index contributed by atoms with van der Waals surface area (Å²) in [6.45, 7) is 0. The first-order valence-electron chi connectivity index (χ1n) is 6.42. The van der Waals surface area contributed by atoms with Gasteiger partial charge in [-0.25, -0.2) is 4.79 Å². The third kappa shape index (κ3) is 3.64. The number of nitro benzene ring substituents is 3. The van der Waals surface area contributed by atoms with Crippen LogP contribution in [-0.2, 0) is 0 Å². The molecule has 0 fully saturated rings. The first kappa shape index (κ1) is 17.3. The highest BCUT2D eigenvalue weighted by Crippen LogP contribution is 2.39. The maximum Gasteiger partial charge on any atom is 0.335 e. The van der Waals surface area contributed by atoms with Gasteiger partial charge in [0.25, 0.3) is 5.69 Å². The Labute approximate surface area is 137 Å². The average molecular weight is 349 g/mol. The molecule has 0 spiro atoms. The minimum absolute atomic E-state index is 0.0572. The van der Waals surface area contributed by atoms with Gasteiger partial charge in [0.1, 0.15) is 0 Å². The van der Waals surface area contributed by atoms with E-state index in [9.17, 15) is 35.1 Å². The first-order valence-corrected chi connectivity index (χ1v) is 6.42. The molecule has 128 valence electrons. The van der Waals surface area contributed by atoms with Crippen LogP contribution in [0.4, 0.5) is 28.4 Å². The number of carboxylic acid groups (broad SMARTS) is 1. The number of benzene rings is 2. The van der Waals surface area contributed by atoms with Crippen molar-refractivity contribution in [2.75, 3.05) is 5.32 Å². The maximum absolute atomic E-state index is 11.1. The van der Waals surface area contributed by atoms with Crippen LogP contribution in [0.2, 0.25) is 0 Å². The van der Waals surface area contributed by atoms with Gasteiger partial charge < -0.3 is 10.4 Å². The second-order valence-electron chi connectivity index (χ2n) is 4.64. The van der Waals surface area contributed by atoms with Gasteiger partial charge >= 0.3 is 17.3 Å². The van der Waals surface area contributed by atoms with Crippen molar-refractivity contribution >= 4 is 34.4 Å². The summed E-state index contributed by atoms with van der Waals surface area (Å²) in [5.41, 5.74) is -3.00. The molecule has 0 saturated heterocycles. The number of nitrogens with zero attached hydrogens (tertiary/aromatic N) is 3. The van der Waals surface area contributed by atoms with Crippen LogP contribution in [0.25, 0.3) is 0 Å². The van der Waals surface area contributed by atoms with Crippen molar-refractivity contribution in [3.05, 3.63) is 72.3 Å². The molecule has 12 heteroatoms. The number of aromatic carboxylic acids is 1. The van der Waals surface area contributed by atoms with Crippen molar-refractivity contribution in [1.82, 2.24) is 0 Å². The normalized spacial score (nSPS) is 10.1. The molecular formula is C13H8N4O8. The van der Waals surface area contributed by atoms with Gasteiger partial charge in [-0.3, -0.25) is 30.3 Å². The molecule has 25 heavy (non-hydrogen) atoms. The molecule has 0 saturated carbocycles. The quantitative estimate of drug-likeness (QED) is 0.450. The molecule has 0 radical (unpaired) electrons. The zero-order chi connectivity index (χ0) is 18.7. The summed E-state index contributed by atoms with van der Waals surface area (Å²) in [5.74, 6) is -1.20. The summed E-state index contributed by atoms with van der Waals surface area (Å²) in [4.78, 5) is 40.9. The lowest BCUT2D eigenvalue weighted by Gasteiger charge is -2.08. The number of carbonyl (C=O) groups is 1. The summed E-state index contributed by atoms with van der Waals surface area (Å²) in [6.07, 6.45) is 0. The fourth-order valence-electron chi connectivity index (χ4n) is 1.96. The molecule has 2 aromatic carbocycles. The Kier molecular flexibility index (Phi) is 4.54. The predicted octanol–water partition coefficient (Wildman–Crippen LogP) is 2.85. The van der Waals surface area contributed by atoms with Gasteiger partial charge in [0, 0.05) is 5.69 Å². The molecule has 0 aliphatic rings. The van der Waals surface area contributed by atoms with Gasteiger partial charge in [0.05, 0.1) is 32.5 Å². The molecule has 12 nitrogen and oxygen atoms in total. The van der Waals surface area contributed by atoms with E-state index >= 15 is 0 Å². The molecule has 0 unspecified atom stereocenters. The van der Waals surface area contributed by atoms with Gasteiger partial charge in [-0.2, -0.15) is 0 Å². The molecule has 2 rings (SSSR count). The van der Waals surface area contributed by atoms with Gasteiger partial charge in [0.2, 0.25) is 0 Å². The van der Waals surface area contributed by atoms with Crippen LogP contribution in [0.3, 0.4) is 0 Å². The summed E-state index contributed by atoms with van der Waals surface area (Å²) in [7, 11) is 0. The molecule has 0 aromatic heterocycles. The minimum atomic E-state index is -1.20. The summed E-state index contributed by atoms with van der Waals surface area (Å²) in [5, 5.41) is 44.4. The summed E-state index contributed by atoms with van der Waals surface area (Å²) >= 11 is 0. The highest BCUT2D eigenvalue weighted by atomic mass is 16.6. The Morgan fingerprint density at radius 1 is 0.880 bits per heavy atom. The van der Waals surface area contributed by atoms with Crippen LogP contribution in [0.1, 0.15) is 10.4 Å². The number of non-ortho nitro benzene ring substituents is 1. The lowest BCUT2D eigenvalue weighted by molar-refractivity contribution is -0.401. The van der Waals surface area contributed by atoms with E-state index in [1.165, 1.54) is 24.3 Å². The number of hydrogen-bond acceptors (Lipinski definition) is 8. The van der Waals surface area contributed by atoms with Gasteiger partial charge in [-0.1, -0.05) is 0 Å². The second-order valence-corrected chi connectivity index (χ2v) is 4.64. The first-order chi connectivity index (χ1) is 11.7. The van der Waals surface area contributed by atoms with Crippen LogP contribution >= 0.6 is 0 Å². The predicted molar refractivity (Wildman–Crippen MR) is 83.1 cm³/mol. The number of carboxylic acids is 1. The number of nitro groups is 3. The van der Waals surface area contributed by atoms with Gasteiger partial charge in [-0.15, -0.1) is 0 Å². The third-order valence-electron chi connectivity index (χ3n) is 3.09. The van der Waals surface area contributed by atoms with Crippen LogP contribution in [0.5, 0.6) is 0 Å². The molecule has 0 heterocycles. The van der Waals surface area contributed by atoms with Crippen LogP contribution in [-0.4, -0.2) is 25.8 Å². The van der Waals surface area contributed by atoms with E-state index in [4.69, 9.17) is 5.11 Å². The molecule has 0 bridgehead atoms. The third-order valence-corrected chi connectivity index (χ3v) is 3.09. The maximum atomic E-state index is 11.1. The highest BCUT2D eigenvalue weighted by Gasteiger charge is 2.30. The average Bonchev–Trinajstić information content (AvgIpc) is 2.54. The lowest BCUT2D eigenvalue weighted by Crippen LogP contribution is -2.04. The largest absolute Gasteiger partial charge is 0.478 e. The Morgan fingerprint density at radius 3 is 1.72 bits per heavy atom. The minimum Gasteiger partial charge on any atom is -0.478 e. The number of anilines is 2. The van der Waals surface area contributed by atoms with Crippen LogP contribution in [0, 0.1) is 30.3 Å². The Hall–Kier alpha value is -4.09. The summed E-state index contributed by atoms with van der Waals surface area (Å²) in [6, 6.07) is 6.07. The van der Waals surface area contributed by atoms with Crippen LogP contribution < -0.4 is 5.32 Å². The Bertz CT molecular complexity index is 858. The fourth-order valence-corrected chi connectivity index (χ4v) is 1.96. The Morgan fingerprint density at radius 2 is 1.36 bits per heavy atom. The van der Waals surface area contributed by atoms with Crippen LogP contribution in [0.15, 0.2) is 36.4 Å². The van der Waals surface area contributed by atoms with E-state index < -0.39 is 43.5 Å². The van der Waals surface area contributed by atoms with E-state index in [0.717, 1.165) is 0 Å². The monoisotopic (exact) mass is 349 g/mol. The molecule has 0 atom stereocenters. The number of nitrogens with one attached hydrogen (secondary N) is 1. The smallest absolute Gasteiger partial charge is 0.335 e. The van der Waals surface area contributed by atoms with E-state index in [1.54, 1.807) is 0 Å². The molecule has 0 aliphatic carbocycles. The van der Waals surface area contributed by atoms with Gasteiger partial charge in [0.15, 0.2) is 5.69 Å². The van der Waals surface area contributed by atoms with Crippen molar-refractivity contribution in [1.29, 1.82) is 0 Å². The topological polar surface area (TPSA) is 179 Å². The van der Waals surface area contributed by atoms with E-state index in [2.05, 4.69) is 5.32 Å². The molecule has 2 N–H and O–H groups in total. The second kappa shape index (κ2) is 6.57. The summed E-state index contributed by atoms with van der Waals surface area (Å²) < 4.78 is 0. The zero-order valence-electron chi connectivity index (χ0n) is 12.1. The molecule has 0 aliphatic heterocycles. The molecule has 2 aromatic rings. The molecular weight excluding hydrogens is 341 g/mol. The zero-order valence-corrected chi connectivity index (χ0v) is 12.1. The van der Waals surface area contributed by atoms with Crippen molar-refractivity contribution in [2.45, 2.75) is 0 Å². The highest BCUT2D eigenvalue weighted by molar-refractivity contribution is 5.88. The van der Waals surface area contributed by atoms with E-state index in [-0.39, 0.29) is 11.3 Å². The van der Waals surface area contributed by atoms with Crippen molar-refractivity contribution in [2.24, 2.45) is 0 Å². The Balaban J connectivity index is 2.58. The standard InChI is InChI=1S/C13H8N4O8/c18-13(19)7-1-3-8(4-2-7)14-12-10(16(22)23)5-9(15(20)21)6-11(12)17(24)25/h1-6,14H,(H,18,19)/i14+1. The van der Waals surface area contributed by atoms with E-state index in [0.29, 0.717) is 12.1 Å². The molecule has 0 amide bonds. The number of hydrogen-bond donors (Lipinski definition) is 2. The van der Waals surface area contributed by atoms with Gasteiger partial charge in [-0.05, 0) is 24.3 Å². The van der Waals surface area contributed by atoms with Crippen molar-refractivity contribution < 1.29 is 24.7 Å². The fraction of sp³-hybridized carbons (Fsp3) is 0. The SMILES string of the molecule is O=C(O)c1ccc([15NH]c2c([N+](=O)[O-])cc([N+](=O)[O-])cc2[N+](=O)[O-])cc1.